The van der Waals surface area contributed by atoms with Gasteiger partial charge in [0.25, 0.3) is 5.91 Å². The van der Waals surface area contributed by atoms with Crippen molar-refractivity contribution in [3.63, 3.8) is 0 Å². The Labute approximate surface area is 172 Å². The maximum Gasteiger partial charge on any atom is 0.259 e. The summed E-state index contributed by atoms with van der Waals surface area (Å²) in [6, 6.07) is 18.8. The number of amides is 1. The molecule has 1 N–H and O–H groups in total. The van der Waals surface area contributed by atoms with Crippen molar-refractivity contribution in [3.8, 4) is 27.8 Å². The summed E-state index contributed by atoms with van der Waals surface area (Å²) in [5.41, 5.74) is 2.58. The van der Waals surface area contributed by atoms with E-state index in [1.807, 2.05) is 47.8 Å². The molecule has 0 unspecified atom stereocenters. The molecule has 2 aromatic carbocycles. The molecule has 6 nitrogen and oxygen atoms in total. The van der Waals surface area contributed by atoms with Crippen molar-refractivity contribution in [2.75, 3.05) is 19.5 Å². The first kappa shape index (κ1) is 18.8. The lowest BCUT2D eigenvalue weighted by atomic mass is 10.2. The highest BCUT2D eigenvalue weighted by atomic mass is 32.1. The molecule has 0 saturated carbocycles. The van der Waals surface area contributed by atoms with Gasteiger partial charge in [-0.1, -0.05) is 24.3 Å². The van der Waals surface area contributed by atoms with Gasteiger partial charge in [0.2, 0.25) is 0 Å². The summed E-state index contributed by atoms with van der Waals surface area (Å²) >= 11 is 1.54. The molecule has 4 aromatic rings. The number of ether oxygens (including phenoxy) is 2. The highest BCUT2D eigenvalue weighted by Gasteiger charge is 2.20. The molecular weight excluding hydrogens is 386 g/mol. The molecule has 2 heterocycles. The molecule has 0 bridgehead atoms. The SMILES string of the molecule is COc1cc(NC(=O)c2cn(-c3ccccc3)nc2-c2cccs2)cc(OC)c1. The maximum absolute atomic E-state index is 13.1. The topological polar surface area (TPSA) is 65.4 Å². The number of aromatic nitrogens is 2. The lowest BCUT2D eigenvalue weighted by molar-refractivity contribution is 0.102. The monoisotopic (exact) mass is 405 g/mol. The Morgan fingerprint density at radius 2 is 1.72 bits per heavy atom. The molecule has 4 rings (SSSR count). The molecule has 0 radical (unpaired) electrons. The molecule has 0 aliphatic heterocycles. The quantitative estimate of drug-likeness (QED) is 0.497. The van der Waals surface area contributed by atoms with Gasteiger partial charge in [-0.2, -0.15) is 5.10 Å². The fraction of sp³-hybridized carbons (Fsp3) is 0.0909. The Morgan fingerprint density at radius 1 is 1.00 bits per heavy atom. The predicted molar refractivity (Wildman–Crippen MR) is 114 cm³/mol. The van der Waals surface area contributed by atoms with Gasteiger partial charge in [-0.25, -0.2) is 4.68 Å². The van der Waals surface area contributed by atoms with Gasteiger partial charge < -0.3 is 14.8 Å². The number of hydrogen-bond donors (Lipinski definition) is 1. The first-order valence-corrected chi connectivity index (χ1v) is 9.79. The number of nitrogens with zero attached hydrogens (tertiary/aromatic N) is 2. The van der Waals surface area contributed by atoms with Crippen LogP contribution in [0.5, 0.6) is 11.5 Å². The van der Waals surface area contributed by atoms with Crippen LogP contribution in [0.2, 0.25) is 0 Å². The van der Waals surface area contributed by atoms with Gasteiger partial charge in [-0.3, -0.25) is 4.79 Å². The summed E-state index contributed by atoms with van der Waals surface area (Å²) in [6.07, 6.45) is 1.75. The molecule has 2 aromatic heterocycles. The van der Waals surface area contributed by atoms with Crippen LogP contribution >= 0.6 is 11.3 Å². The minimum Gasteiger partial charge on any atom is -0.497 e. The third-order valence-electron chi connectivity index (χ3n) is 4.34. The fourth-order valence-corrected chi connectivity index (χ4v) is 3.65. The zero-order valence-electron chi connectivity index (χ0n) is 16.0. The highest BCUT2D eigenvalue weighted by Crippen LogP contribution is 2.30. The van der Waals surface area contributed by atoms with Crippen molar-refractivity contribution >= 4 is 22.9 Å². The Morgan fingerprint density at radius 3 is 2.34 bits per heavy atom. The number of anilines is 1. The van der Waals surface area contributed by atoms with Gasteiger partial charge in [0.1, 0.15) is 17.2 Å². The summed E-state index contributed by atoms with van der Waals surface area (Å²) in [5.74, 6) is 0.933. The van der Waals surface area contributed by atoms with Gasteiger partial charge in [0, 0.05) is 30.1 Å². The van der Waals surface area contributed by atoms with Crippen molar-refractivity contribution in [1.29, 1.82) is 0 Å². The van der Waals surface area contributed by atoms with Crippen LogP contribution in [0.25, 0.3) is 16.3 Å². The average Bonchev–Trinajstić information content (AvgIpc) is 3.44. The van der Waals surface area contributed by atoms with Crippen molar-refractivity contribution < 1.29 is 14.3 Å². The number of para-hydroxylation sites is 1. The highest BCUT2D eigenvalue weighted by molar-refractivity contribution is 7.13. The van der Waals surface area contributed by atoms with Crippen molar-refractivity contribution in [2.24, 2.45) is 0 Å². The van der Waals surface area contributed by atoms with E-state index in [0.717, 1.165) is 10.6 Å². The maximum atomic E-state index is 13.1. The van der Waals surface area contributed by atoms with Crippen LogP contribution in [-0.4, -0.2) is 29.9 Å². The zero-order valence-corrected chi connectivity index (χ0v) is 16.8. The number of carbonyl (C=O) groups excluding carboxylic acids is 1. The molecule has 0 aliphatic carbocycles. The van der Waals surface area contributed by atoms with Gasteiger partial charge in [-0.15, -0.1) is 11.3 Å². The summed E-state index contributed by atoms with van der Waals surface area (Å²) in [5, 5.41) is 9.56. The minimum absolute atomic E-state index is 0.258. The lowest BCUT2D eigenvalue weighted by Gasteiger charge is -2.09. The number of nitrogens with one attached hydrogen (secondary N) is 1. The van der Waals surface area contributed by atoms with E-state index in [-0.39, 0.29) is 5.91 Å². The summed E-state index contributed by atoms with van der Waals surface area (Å²) in [6.45, 7) is 0. The van der Waals surface area contributed by atoms with Crippen LogP contribution in [0.1, 0.15) is 10.4 Å². The van der Waals surface area contributed by atoms with Gasteiger partial charge in [0.15, 0.2) is 0 Å². The number of benzene rings is 2. The predicted octanol–water partition coefficient (Wildman–Crippen LogP) is 4.87. The summed E-state index contributed by atoms with van der Waals surface area (Å²) in [7, 11) is 3.14. The Kier molecular flexibility index (Phi) is 5.31. The first-order valence-electron chi connectivity index (χ1n) is 8.91. The third kappa shape index (κ3) is 4.00. The molecule has 0 spiro atoms. The normalized spacial score (nSPS) is 10.6. The van der Waals surface area contributed by atoms with Crippen molar-refractivity contribution in [3.05, 3.63) is 77.8 Å². The third-order valence-corrected chi connectivity index (χ3v) is 5.22. The molecule has 1 amide bonds. The second-order valence-corrected chi connectivity index (χ2v) is 7.15. The van der Waals surface area contributed by atoms with E-state index in [1.165, 1.54) is 11.3 Å². The second-order valence-electron chi connectivity index (χ2n) is 6.20. The van der Waals surface area contributed by atoms with Crippen LogP contribution in [0.3, 0.4) is 0 Å². The lowest BCUT2D eigenvalue weighted by Crippen LogP contribution is -2.12. The van der Waals surface area contributed by atoms with Crippen molar-refractivity contribution in [2.45, 2.75) is 0 Å². The van der Waals surface area contributed by atoms with E-state index >= 15 is 0 Å². The number of rotatable bonds is 6. The number of hydrogen-bond acceptors (Lipinski definition) is 5. The number of methoxy groups -OCH3 is 2. The van der Waals surface area contributed by atoms with E-state index in [4.69, 9.17) is 9.47 Å². The minimum atomic E-state index is -0.258. The second kappa shape index (κ2) is 8.20. The molecule has 0 aliphatic rings. The molecular formula is C22H19N3O3S. The molecule has 146 valence electrons. The van der Waals surface area contributed by atoms with Gasteiger partial charge >= 0.3 is 0 Å². The van der Waals surface area contributed by atoms with Crippen molar-refractivity contribution in [1.82, 2.24) is 9.78 Å². The van der Waals surface area contributed by atoms with Crippen LogP contribution in [0.15, 0.2) is 72.2 Å². The standard InChI is InChI=1S/C22H19N3O3S/c1-27-17-11-15(12-18(13-17)28-2)23-22(26)19-14-25(16-7-4-3-5-8-16)24-21(19)20-9-6-10-29-20/h3-14H,1-2H3,(H,23,26). The molecule has 0 saturated heterocycles. The van der Waals surface area contributed by atoms with E-state index in [0.29, 0.717) is 28.4 Å². The molecule has 29 heavy (non-hydrogen) atoms. The Hall–Kier alpha value is -3.58. The number of carbonyl (C=O) groups is 1. The Bertz CT molecular complexity index is 1100. The number of thiophene rings is 1. The van der Waals surface area contributed by atoms with Gasteiger partial charge in [0.05, 0.1) is 30.3 Å². The smallest absolute Gasteiger partial charge is 0.259 e. The fourth-order valence-electron chi connectivity index (χ4n) is 2.93. The zero-order chi connectivity index (χ0) is 20.2. The molecule has 0 atom stereocenters. The van der Waals surface area contributed by atoms with E-state index in [1.54, 1.807) is 43.3 Å². The van der Waals surface area contributed by atoms with Crippen LogP contribution in [-0.2, 0) is 0 Å². The van der Waals surface area contributed by atoms with E-state index in [2.05, 4.69) is 10.4 Å². The van der Waals surface area contributed by atoms with E-state index in [9.17, 15) is 4.79 Å². The van der Waals surface area contributed by atoms with Crippen LogP contribution < -0.4 is 14.8 Å². The Balaban J connectivity index is 1.72. The van der Waals surface area contributed by atoms with Gasteiger partial charge in [-0.05, 0) is 23.6 Å². The first-order chi connectivity index (χ1) is 14.2. The average molecular weight is 405 g/mol. The molecule has 7 heteroatoms. The molecule has 0 fully saturated rings. The van der Waals surface area contributed by atoms with Crippen LogP contribution in [0.4, 0.5) is 5.69 Å². The van der Waals surface area contributed by atoms with Crippen LogP contribution in [0, 0.1) is 0 Å². The largest absolute Gasteiger partial charge is 0.497 e. The summed E-state index contributed by atoms with van der Waals surface area (Å²) in [4.78, 5) is 14.1. The van der Waals surface area contributed by atoms with E-state index < -0.39 is 0 Å². The summed E-state index contributed by atoms with van der Waals surface area (Å²) < 4.78 is 12.3.